The minimum atomic E-state index is -0.0694. The highest BCUT2D eigenvalue weighted by Crippen LogP contribution is 2.69. The second-order valence-corrected chi connectivity index (χ2v) is 4.61. The van der Waals surface area contributed by atoms with Crippen molar-refractivity contribution < 1.29 is 0 Å². The molecule has 0 aromatic carbocycles. The summed E-state index contributed by atoms with van der Waals surface area (Å²) < 4.78 is 0. The lowest BCUT2D eigenvalue weighted by Gasteiger charge is -2.04. The van der Waals surface area contributed by atoms with E-state index in [1.807, 2.05) is 0 Å². The molecule has 0 bridgehead atoms. The van der Waals surface area contributed by atoms with Gasteiger partial charge < -0.3 is 5.73 Å². The molecule has 0 heterocycles. The quantitative estimate of drug-likeness (QED) is 0.566. The molecular weight excluding hydrogens is 134 g/mol. The van der Waals surface area contributed by atoms with Gasteiger partial charge in [0.1, 0.15) is 0 Å². The molecule has 1 saturated carbocycles. The average molecular weight is 151 g/mol. The number of rotatable bonds is 1. The Kier molecular flexibility index (Phi) is 1.58. The Labute approximate surface area is 69.4 Å². The summed E-state index contributed by atoms with van der Waals surface area (Å²) in [6.45, 7) is 8.92. The summed E-state index contributed by atoms with van der Waals surface area (Å²) in [4.78, 5) is 0. The van der Waals surface area contributed by atoms with Crippen LogP contribution < -0.4 is 5.73 Å². The van der Waals surface area contributed by atoms with E-state index in [1.165, 1.54) is 0 Å². The number of nitrogens with two attached hydrogens (primary N) is 1. The molecule has 0 aliphatic heterocycles. The molecule has 0 spiro atoms. The van der Waals surface area contributed by atoms with E-state index in [9.17, 15) is 0 Å². The van der Waals surface area contributed by atoms with Crippen molar-refractivity contribution in [2.75, 3.05) is 0 Å². The van der Waals surface area contributed by atoms with E-state index in [1.54, 1.807) is 0 Å². The Morgan fingerprint density at radius 1 is 1.27 bits per heavy atom. The molecule has 0 aromatic rings. The van der Waals surface area contributed by atoms with Gasteiger partial charge in [-0.2, -0.15) is 0 Å². The predicted octanol–water partition coefficient (Wildman–Crippen LogP) is 1.63. The Morgan fingerprint density at radius 3 is 1.73 bits per heavy atom. The van der Waals surface area contributed by atoms with E-state index in [2.05, 4.69) is 33.6 Å². The smallest absolute Gasteiger partial charge is 0.0701 e. The molecule has 1 unspecified atom stereocenters. The summed E-state index contributed by atoms with van der Waals surface area (Å²) in [6.07, 6.45) is 5.28. The van der Waals surface area contributed by atoms with Gasteiger partial charge in [0.05, 0.1) is 6.04 Å². The summed E-state index contributed by atoms with van der Waals surface area (Å²) in [7, 11) is 0. The summed E-state index contributed by atoms with van der Waals surface area (Å²) in [5.74, 6) is 3.10. The number of terminal acetylenes is 1. The normalized spacial score (nSPS) is 29.1. The Bertz CT molecular complexity index is 193. The maximum Gasteiger partial charge on any atom is 0.0701 e. The highest BCUT2D eigenvalue weighted by Gasteiger charge is 2.66. The first kappa shape index (κ1) is 8.62. The molecule has 1 nitrogen and oxygen atoms in total. The first-order valence-electron chi connectivity index (χ1n) is 4.07. The van der Waals surface area contributed by atoms with Crippen molar-refractivity contribution >= 4 is 0 Å². The largest absolute Gasteiger partial charge is 0.317 e. The third-order valence-electron chi connectivity index (χ3n) is 3.68. The molecule has 2 N–H and O–H groups in total. The van der Waals surface area contributed by atoms with E-state index < -0.39 is 0 Å². The fourth-order valence-electron chi connectivity index (χ4n) is 2.24. The van der Waals surface area contributed by atoms with Crippen molar-refractivity contribution in [2.24, 2.45) is 22.5 Å². The van der Waals surface area contributed by atoms with Gasteiger partial charge in [0.2, 0.25) is 0 Å². The molecule has 11 heavy (non-hydrogen) atoms. The summed E-state index contributed by atoms with van der Waals surface area (Å²) >= 11 is 0. The van der Waals surface area contributed by atoms with Crippen molar-refractivity contribution in [2.45, 2.75) is 33.7 Å². The van der Waals surface area contributed by atoms with Gasteiger partial charge >= 0.3 is 0 Å². The van der Waals surface area contributed by atoms with Gasteiger partial charge in [0.15, 0.2) is 0 Å². The van der Waals surface area contributed by atoms with E-state index >= 15 is 0 Å². The Balaban J connectivity index is 2.77. The van der Waals surface area contributed by atoms with Gasteiger partial charge in [-0.25, -0.2) is 0 Å². The third kappa shape index (κ3) is 0.895. The van der Waals surface area contributed by atoms with Crippen LogP contribution >= 0.6 is 0 Å². The van der Waals surface area contributed by atoms with Crippen LogP contribution in [0.4, 0.5) is 0 Å². The highest BCUT2D eigenvalue weighted by atomic mass is 14.8. The molecule has 0 amide bonds. The van der Waals surface area contributed by atoms with E-state index in [0.29, 0.717) is 16.7 Å². The van der Waals surface area contributed by atoms with Crippen LogP contribution in [0.3, 0.4) is 0 Å². The maximum absolute atomic E-state index is 5.79. The Morgan fingerprint density at radius 2 is 1.64 bits per heavy atom. The summed E-state index contributed by atoms with van der Waals surface area (Å²) in [5, 5.41) is 0. The van der Waals surface area contributed by atoms with Crippen LogP contribution in [0.2, 0.25) is 0 Å². The van der Waals surface area contributed by atoms with Crippen molar-refractivity contribution in [1.29, 1.82) is 0 Å². The van der Waals surface area contributed by atoms with Crippen molar-refractivity contribution in [3.63, 3.8) is 0 Å². The van der Waals surface area contributed by atoms with Crippen LogP contribution in [-0.2, 0) is 0 Å². The molecule has 1 aliphatic carbocycles. The monoisotopic (exact) mass is 151 g/mol. The molecule has 1 fully saturated rings. The molecule has 1 aliphatic rings. The van der Waals surface area contributed by atoms with Gasteiger partial charge in [-0.3, -0.25) is 0 Å². The molecule has 62 valence electrons. The van der Waals surface area contributed by atoms with Crippen LogP contribution in [0.25, 0.3) is 0 Å². The third-order valence-corrected chi connectivity index (χ3v) is 3.68. The summed E-state index contributed by atoms with van der Waals surface area (Å²) in [5.41, 5.74) is 6.43. The zero-order valence-electron chi connectivity index (χ0n) is 7.81. The average Bonchev–Trinajstić information content (AvgIpc) is 2.24. The topological polar surface area (TPSA) is 26.0 Å². The molecule has 0 radical (unpaired) electrons. The highest BCUT2D eigenvalue weighted by molar-refractivity contribution is 5.21. The van der Waals surface area contributed by atoms with E-state index in [4.69, 9.17) is 12.2 Å². The van der Waals surface area contributed by atoms with Crippen LogP contribution in [0, 0.1) is 29.1 Å². The first-order valence-corrected chi connectivity index (χ1v) is 4.07. The maximum atomic E-state index is 5.79. The standard InChI is InChI=1S/C10H17N/c1-6-7(11)8-9(2,3)10(8,4)5/h1,7-8H,11H2,2-5H3. The minimum absolute atomic E-state index is 0.0694. The number of hydrogen-bond donors (Lipinski definition) is 1. The van der Waals surface area contributed by atoms with Gasteiger partial charge in [0, 0.05) is 0 Å². The van der Waals surface area contributed by atoms with Gasteiger partial charge in [-0.15, -0.1) is 6.42 Å². The molecular formula is C10H17N. The van der Waals surface area contributed by atoms with Crippen LogP contribution in [0.5, 0.6) is 0 Å². The molecule has 0 saturated heterocycles. The second-order valence-electron chi connectivity index (χ2n) is 4.61. The predicted molar refractivity (Wildman–Crippen MR) is 47.9 cm³/mol. The number of hydrogen-bond acceptors (Lipinski definition) is 1. The molecule has 1 rings (SSSR count). The Hall–Kier alpha value is -0.480. The zero-order chi connectivity index (χ0) is 8.86. The first-order chi connectivity index (χ1) is 4.85. The van der Waals surface area contributed by atoms with Crippen LogP contribution in [0.15, 0.2) is 0 Å². The van der Waals surface area contributed by atoms with Crippen molar-refractivity contribution in [1.82, 2.24) is 0 Å². The van der Waals surface area contributed by atoms with Gasteiger partial charge in [-0.1, -0.05) is 33.6 Å². The molecule has 0 aromatic heterocycles. The lowest BCUT2D eigenvalue weighted by Crippen LogP contribution is -2.23. The second kappa shape index (κ2) is 2.01. The SMILES string of the molecule is C#CC(N)C1C(C)(C)C1(C)C. The zero-order valence-corrected chi connectivity index (χ0v) is 7.81. The van der Waals surface area contributed by atoms with E-state index in [0.717, 1.165) is 0 Å². The van der Waals surface area contributed by atoms with Gasteiger partial charge in [-0.05, 0) is 16.7 Å². The lowest BCUT2D eigenvalue weighted by atomic mass is 10.0. The van der Waals surface area contributed by atoms with Crippen LogP contribution in [0.1, 0.15) is 27.7 Å². The van der Waals surface area contributed by atoms with E-state index in [-0.39, 0.29) is 6.04 Å². The van der Waals surface area contributed by atoms with Crippen molar-refractivity contribution in [3.05, 3.63) is 0 Å². The lowest BCUT2D eigenvalue weighted by molar-refractivity contribution is 0.457. The minimum Gasteiger partial charge on any atom is -0.317 e. The van der Waals surface area contributed by atoms with Gasteiger partial charge in [0.25, 0.3) is 0 Å². The fourth-order valence-corrected chi connectivity index (χ4v) is 2.24. The molecule has 1 heteroatoms. The van der Waals surface area contributed by atoms with Crippen molar-refractivity contribution in [3.8, 4) is 12.3 Å². The van der Waals surface area contributed by atoms with Crippen LogP contribution in [-0.4, -0.2) is 6.04 Å². The molecule has 1 atom stereocenters. The summed E-state index contributed by atoms with van der Waals surface area (Å²) in [6, 6.07) is -0.0694. The fraction of sp³-hybridized carbons (Fsp3) is 0.800.